The lowest BCUT2D eigenvalue weighted by atomic mass is 9.99. The average molecular weight is 356 g/mol. The molecule has 1 aliphatic heterocycles. The summed E-state index contributed by atoms with van der Waals surface area (Å²) in [5.74, 6) is 0. The van der Waals surface area contributed by atoms with Crippen molar-refractivity contribution in [2.45, 2.75) is 30.7 Å². The van der Waals surface area contributed by atoms with Crippen molar-refractivity contribution in [3.05, 3.63) is 0 Å². The third-order valence-electron chi connectivity index (χ3n) is 3.36. The first kappa shape index (κ1) is 21.6. The van der Waals surface area contributed by atoms with Gasteiger partial charge in [-0.05, 0) is 0 Å². The van der Waals surface area contributed by atoms with Crippen LogP contribution < -0.4 is 0 Å². The van der Waals surface area contributed by atoms with Gasteiger partial charge in [-0.1, -0.05) is 0 Å². The van der Waals surface area contributed by atoms with Crippen molar-refractivity contribution in [3.63, 3.8) is 0 Å². The van der Waals surface area contributed by atoms with Crippen molar-refractivity contribution in [1.82, 2.24) is 0 Å². The molecule has 0 aromatic heterocycles. The van der Waals surface area contributed by atoms with Crippen LogP contribution in [0.15, 0.2) is 0 Å². The summed E-state index contributed by atoms with van der Waals surface area (Å²) in [6, 6.07) is 0. The van der Waals surface area contributed by atoms with Crippen LogP contribution in [0.2, 0.25) is 0 Å². The first-order chi connectivity index (χ1) is 11.7. The number of aliphatic hydroxyl groups excluding tert-OH is 5. The van der Waals surface area contributed by atoms with E-state index in [0.29, 0.717) is 0 Å². The van der Waals surface area contributed by atoms with Crippen LogP contribution in [0.4, 0.5) is 0 Å². The molecule has 24 heavy (non-hydrogen) atoms. The van der Waals surface area contributed by atoms with Crippen LogP contribution in [-0.2, 0) is 23.7 Å². The minimum atomic E-state index is -1.50. The number of ether oxygens (including phenoxy) is 5. The van der Waals surface area contributed by atoms with Crippen molar-refractivity contribution in [2.75, 3.05) is 59.5 Å². The highest BCUT2D eigenvalue weighted by Crippen LogP contribution is 2.24. The Bertz CT molecular complexity index is 291. The molecule has 5 N–H and O–H groups in total. The fourth-order valence-corrected chi connectivity index (χ4v) is 2.27. The summed E-state index contributed by atoms with van der Waals surface area (Å²) in [6.45, 7) is 0.355. The summed E-state index contributed by atoms with van der Waals surface area (Å²) in [5.41, 5.74) is 0. The second kappa shape index (κ2) is 12.9. The highest BCUT2D eigenvalue weighted by molar-refractivity contribution is 4.91. The van der Waals surface area contributed by atoms with Gasteiger partial charge >= 0.3 is 0 Å². The minimum absolute atomic E-state index is 0.101. The molecule has 0 radical (unpaired) electrons. The third kappa shape index (κ3) is 7.23. The monoisotopic (exact) mass is 356 g/mol. The van der Waals surface area contributed by atoms with Gasteiger partial charge in [-0.25, -0.2) is 0 Å². The Kier molecular flexibility index (Phi) is 11.6. The molecule has 0 aromatic rings. The molecule has 1 unspecified atom stereocenters. The van der Waals surface area contributed by atoms with E-state index >= 15 is 0 Å². The molecular weight excluding hydrogens is 328 g/mol. The molecule has 1 saturated heterocycles. The molecule has 0 aliphatic carbocycles. The Morgan fingerprint density at radius 1 is 0.708 bits per heavy atom. The fraction of sp³-hybridized carbons (Fsp3) is 1.00. The van der Waals surface area contributed by atoms with Crippen molar-refractivity contribution >= 4 is 0 Å². The maximum Gasteiger partial charge on any atom is 0.184 e. The Morgan fingerprint density at radius 3 is 1.75 bits per heavy atom. The zero-order valence-corrected chi connectivity index (χ0v) is 13.5. The summed E-state index contributed by atoms with van der Waals surface area (Å²) in [7, 11) is 0. The smallest absolute Gasteiger partial charge is 0.184 e. The predicted molar refractivity (Wildman–Crippen MR) is 79.3 cm³/mol. The van der Waals surface area contributed by atoms with Gasteiger partial charge in [-0.2, -0.15) is 0 Å². The molecule has 10 heteroatoms. The van der Waals surface area contributed by atoms with E-state index in [0.717, 1.165) is 0 Å². The molecule has 1 fully saturated rings. The second-order valence-corrected chi connectivity index (χ2v) is 5.08. The summed E-state index contributed by atoms with van der Waals surface area (Å²) in [4.78, 5) is 0. The van der Waals surface area contributed by atoms with E-state index in [9.17, 15) is 15.3 Å². The lowest BCUT2D eigenvalue weighted by molar-refractivity contribution is -0.303. The maximum absolute atomic E-state index is 10.1. The summed E-state index contributed by atoms with van der Waals surface area (Å²) in [5, 5.41) is 46.4. The molecule has 0 bridgehead atoms. The van der Waals surface area contributed by atoms with Crippen molar-refractivity contribution < 1.29 is 49.2 Å². The summed E-state index contributed by atoms with van der Waals surface area (Å²) >= 11 is 0. The van der Waals surface area contributed by atoms with E-state index in [1.807, 2.05) is 0 Å². The highest BCUT2D eigenvalue weighted by atomic mass is 16.7. The maximum atomic E-state index is 10.1. The third-order valence-corrected chi connectivity index (χ3v) is 3.36. The van der Waals surface area contributed by atoms with E-state index in [2.05, 4.69) is 0 Å². The van der Waals surface area contributed by atoms with Crippen LogP contribution in [0.3, 0.4) is 0 Å². The second-order valence-electron chi connectivity index (χ2n) is 5.08. The SMILES string of the molecule is OCCOCCO[C@H]1[C@H](OCCOCCO)[C@@H](O)C(O)O[C@@H]1CO. The van der Waals surface area contributed by atoms with Crippen LogP contribution in [0.5, 0.6) is 0 Å². The molecule has 0 amide bonds. The van der Waals surface area contributed by atoms with Gasteiger partial charge in [0, 0.05) is 0 Å². The van der Waals surface area contributed by atoms with Crippen LogP contribution in [-0.4, -0.2) is 116 Å². The van der Waals surface area contributed by atoms with Crippen LogP contribution >= 0.6 is 0 Å². The van der Waals surface area contributed by atoms with Gasteiger partial charge in [-0.3, -0.25) is 0 Å². The Balaban J connectivity index is 2.52. The Labute approximate surface area is 140 Å². The van der Waals surface area contributed by atoms with Crippen LogP contribution in [0.1, 0.15) is 0 Å². The normalized spacial score (nSPS) is 30.6. The number of hydrogen-bond donors (Lipinski definition) is 5. The molecular formula is C14H28O10. The van der Waals surface area contributed by atoms with E-state index in [1.54, 1.807) is 0 Å². The summed E-state index contributed by atoms with van der Waals surface area (Å²) < 4.78 is 26.4. The van der Waals surface area contributed by atoms with Gasteiger partial charge in [0.1, 0.15) is 24.4 Å². The lowest BCUT2D eigenvalue weighted by Gasteiger charge is -2.42. The first-order valence-corrected chi connectivity index (χ1v) is 7.88. The Morgan fingerprint density at radius 2 is 1.25 bits per heavy atom. The zero-order valence-electron chi connectivity index (χ0n) is 13.5. The summed E-state index contributed by atoms with van der Waals surface area (Å²) in [6.07, 6.45) is -5.47. The number of hydrogen-bond acceptors (Lipinski definition) is 10. The standard InChI is InChI=1S/C14H28O10/c15-1-3-20-5-7-22-12-10(9-17)24-14(19)11(18)13(12)23-8-6-21-4-2-16/h10-19H,1-9H2/t10-,11-,12-,13-,14?/m1/s1. The van der Waals surface area contributed by atoms with Crippen LogP contribution in [0.25, 0.3) is 0 Å². The molecule has 5 atom stereocenters. The average Bonchev–Trinajstić information content (AvgIpc) is 2.59. The van der Waals surface area contributed by atoms with Gasteiger partial charge in [0.05, 0.1) is 59.5 Å². The Hall–Kier alpha value is -0.400. The number of rotatable bonds is 13. The van der Waals surface area contributed by atoms with E-state index < -0.39 is 37.3 Å². The lowest BCUT2D eigenvalue weighted by Crippen LogP contribution is -2.60. The van der Waals surface area contributed by atoms with Gasteiger partial charge in [0.15, 0.2) is 6.29 Å². The van der Waals surface area contributed by atoms with Crippen molar-refractivity contribution in [3.8, 4) is 0 Å². The number of aliphatic hydroxyl groups is 5. The van der Waals surface area contributed by atoms with E-state index in [4.69, 9.17) is 33.9 Å². The first-order valence-electron chi connectivity index (χ1n) is 7.88. The quantitative estimate of drug-likeness (QED) is 0.214. The van der Waals surface area contributed by atoms with Crippen molar-refractivity contribution in [2.24, 2.45) is 0 Å². The van der Waals surface area contributed by atoms with Gasteiger partial charge < -0.3 is 49.2 Å². The van der Waals surface area contributed by atoms with E-state index in [-0.39, 0.29) is 52.9 Å². The molecule has 144 valence electrons. The van der Waals surface area contributed by atoms with Gasteiger partial charge in [0.25, 0.3) is 0 Å². The minimum Gasteiger partial charge on any atom is -0.394 e. The molecule has 1 aliphatic rings. The molecule has 1 rings (SSSR count). The van der Waals surface area contributed by atoms with Crippen molar-refractivity contribution in [1.29, 1.82) is 0 Å². The highest BCUT2D eigenvalue weighted by Gasteiger charge is 2.45. The van der Waals surface area contributed by atoms with E-state index in [1.165, 1.54) is 0 Å². The van der Waals surface area contributed by atoms with Gasteiger partial charge in [0.2, 0.25) is 0 Å². The topological polar surface area (TPSA) is 147 Å². The van der Waals surface area contributed by atoms with Crippen LogP contribution in [0, 0.1) is 0 Å². The predicted octanol–water partition coefficient (Wildman–Crippen LogP) is -3.15. The largest absolute Gasteiger partial charge is 0.394 e. The molecule has 0 saturated carbocycles. The van der Waals surface area contributed by atoms with Gasteiger partial charge in [-0.15, -0.1) is 0 Å². The molecule has 1 heterocycles. The fourth-order valence-electron chi connectivity index (χ4n) is 2.27. The molecule has 10 nitrogen and oxygen atoms in total. The zero-order chi connectivity index (χ0) is 17.8. The molecule has 0 spiro atoms. The molecule has 0 aromatic carbocycles.